The van der Waals surface area contributed by atoms with Gasteiger partial charge in [0.05, 0.1) is 11.7 Å². The molecule has 2 N–H and O–H groups in total. The maximum absolute atomic E-state index is 9.82. The molecule has 0 spiro atoms. The molecule has 0 amide bonds. The Kier molecular flexibility index (Phi) is 3.09. The van der Waals surface area contributed by atoms with Crippen molar-refractivity contribution in [2.75, 3.05) is 13.7 Å². The van der Waals surface area contributed by atoms with Gasteiger partial charge in [0.2, 0.25) is 0 Å². The van der Waals surface area contributed by atoms with Crippen LogP contribution in [0.15, 0.2) is 0 Å². The lowest BCUT2D eigenvalue weighted by Gasteiger charge is -2.43. The van der Waals surface area contributed by atoms with Gasteiger partial charge in [-0.15, -0.1) is 0 Å². The lowest BCUT2D eigenvalue weighted by molar-refractivity contribution is -0.125. The molecule has 0 aromatic heterocycles. The fourth-order valence-electron chi connectivity index (χ4n) is 1.49. The third kappa shape index (κ3) is 2.44. The van der Waals surface area contributed by atoms with Gasteiger partial charge in [-0.3, -0.25) is 0 Å². The molecule has 0 saturated heterocycles. The zero-order valence-corrected chi connectivity index (χ0v) is 8.13. The van der Waals surface area contributed by atoms with Crippen molar-refractivity contribution in [1.29, 1.82) is 0 Å². The van der Waals surface area contributed by atoms with E-state index < -0.39 is 5.60 Å². The van der Waals surface area contributed by atoms with Crippen LogP contribution in [0.5, 0.6) is 0 Å². The Balaban J connectivity index is 2.16. The van der Waals surface area contributed by atoms with Crippen LogP contribution in [0.25, 0.3) is 0 Å². The molecule has 0 heterocycles. The Morgan fingerprint density at radius 2 is 2.17 bits per heavy atom. The quantitative estimate of drug-likeness (QED) is 0.651. The highest BCUT2D eigenvalue weighted by molar-refractivity contribution is 4.96. The molecule has 1 saturated carbocycles. The molecule has 0 aromatic rings. The van der Waals surface area contributed by atoms with Crippen molar-refractivity contribution in [2.24, 2.45) is 0 Å². The Morgan fingerprint density at radius 1 is 1.58 bits per heavy atom. The zero-order valence-electron chi connectivity index (χ0n) is 8.13. The van der Waals surface area contributed by atoms with Crippen molar-refractivity contribution in [2.45, 2.75) is 44.4 Å². The average Bonchev–Trinajstić information content (AvgIpc) is 1.95. The number of rotatable bonds is 4. The van der Waals surface area contributed by atoms with E-state index in [0.29, 0.717) is 12.6 Å². The van der Waals surface area contributed by atoms with Gasteiger partial charge >= 0.3 is 0 Å². The summed E-state index contributed by atoms with van der Waals surface area (Å²) in [4.78, 5) is 0. The second-order valence-electron chi connectivity index (χ2n) is 4.03. The van der Waals surface area contributed by atoms with Gasteiger partial charge in [0.15, 0.2) is 0 Å². The molecule has 72 valence electrons. The third-order valence-corrected chi connectivity index (χ3v) is 2.39. The summed E-state index contributed by atoms with van der Waals surface area (Å²) in [6, 6.07) is 0.440. The molecule has 3 heteroatoms. The van der Waals surface area contributed by atoms with Crippen LogP contribution in [0.1, 0.15) is 26.7 Å². The largest absolute Gasteiger partial charge is 0.388 e. The highest BCUT2D eigenvalue weighted by atomic mass is 16.5. The summed E-state index contributed by atoms with van der Waals surface area (Å²) in [5, 5.41) is 13.0. The van der Waals surface area contributed by atoms with Crippen molar-refractivity contribution >= 4 is 0 Å². The standard InChI is InChI=1S/C9H19NO2/c1-7(2)10-6-9(11)4-8(5-9)12-3/h7-8,10-11H,4-6H2,1-3H3. The first-order chi connectivity index (χ1) is 5.56. The Morgan fingerprint density at radius 3 is 2.58 bits per heavy atom. The fraction of sp³-hybridized carbons (Fsp3) is 1.00. The molecule has 3 nitrogen and oxygen atoms in total. The first-order valence-electron chi connectivity index (χ1n) is 4.54. The summed E-state index contributed by atoms with van der Waals surface area (Å²) >= 11 is 0. The highest BCUT2D eigenvalue weighted by Crippen LogP contribution is 2.33. The number of methoxy groups -OCH3 is 1. The molecular weight excluding hydrogens is 154 g/mol. The molecule has 0 aromatic carbocycles. The number of hydrogen-bond donors (Lipinski definition) is 2. The van der Waals surface area contributed by atoms with Gasteiger partial charge in [-0.2, -0.15) is 0 Å². The van der Waals surface area contributed by atoms with Crippen LogP contribution in [0.4, 0.5) is 0 Å². The minimum absolute atomic E-state index is 0.268. The van der Waals surface area contributed by atoms with Crippen molar-refractivity contribution in [1.82, 2.24) is 5.32 Å². The number of nitrogens with one attached hydrogen (secondary N) is 1. The molecule has 0 atom stereocenters. The van der Waals surface area contributed by atoms with Crippen LogP contribution in [0, 0.1) is 0 Å². The van der Waals surface area contributed by atoms with Crippen LogP contribution < -0.4 is 5.32 Å². The van der Waals surface area contributed by atoms with Crippen LogP contribution in [0.3, 0.4) is 0 Å². The van der Waals surface area contributed by atoms with E-state index in [0.717, 1.165) is 12.8 Å². The van der Waals surface area contributed by atoms with Gasteiger partial charge in [0.25, 0.3) is 0 Å². The van der Waals surface area contributed by atoms with E-state index in [2.05, 4.69) is 19.2 Å². The van der Waals surface area contributed by atoms with Crippen molar-refractivity contribution < 1.29 is 9.84 Å². The van der Waals surface area contributed by atoms with Crippen molar-refractivity contribution in [3.8, 4) is 0 Å². The fourth-order valence-corrected chi connectivity index (χ4v) is 1.49. The zero-order chi connectivity index (χ0) is 9.19. The van der Waals surface area contributed by atoms with E-state index in [9.17, 15) is 5.11 Å². The van der Waals surface area contributed by atoms with Gasteiger partial charge in [0, 0.05) is 32.5 Å². The lowest BCUT2D eigenvalue weighted by atomic mass is 9.77. The predicted octanol–water partition coefficient (Wildman–Crippen LogP) is 0.524. The maximum Gasteiger partial charge on any atom is 0.0821 e. The van der Waals surface area contributed by atoms with E-state index in [1.807, 2.05) is 0 Å². The third-order valence-electron chi connectivity index (χ3n) is 2.39. The molecule has 12 heavy (non-hydrogen) atoms. The van der Waals surface area contributed by atoms with Crippen LogP contribution in [-0.4, -0.2) is 36.5 Å². The van der Waals surface area contributed by atoms with Crippen molar-refractivity contribution in [3.05, 3.63) is 0 Å². The smallest absolute Gasteiger partial charge is 0.0821 e. The summed E-state index contributed by atoms with van der Waals surface area (Å²) in [6.45, 7) is 4.84. The number of ether oxygens (including phenoxy) is 1. The predicted molar refractivity (Wildman–Crippen MR) is 48.1 cm³/mol. The van der Waals surface area contributed by atoms with Gasteiger partial charge in [0.1, 0.15) is 0 Å². The van der Waals surface area contributed by atoms with Gasteiger partial charge in [-0.1, -0.05) is 13.8 Å². The molecule has 1 aliphatic carbocycles. The molecule has 1 rings (SSSR count). The number of hydrogen-bond acceptors (Lipinski definition) is 3. The first-order valence-corrected chi connectivity index (χ1v) is 4.54. The number of aliphatic hydroxyl groups is 1. The highest BCUT2D eigenvalue weighted by Gasteiger charge is 2.42. The summed E-state index contributed by atoms with van der Waals surface area (Å²) < 4.78 is 5.10. The average molecular weight is 173 g/mol. The van der Waals surface area contributed by atoms with Crippen LogP contribution >= 0.6 is 0 Å². The van der Waals surface area contributed by atoms with E-state index in [1.54, 1.807) is 7.11 Å². The molecule has 0 radical (unpaired) electrons. The summed E-state index contributed by atoms with van der Waals surface area (Å²) in [5.74, 6) is 0. The van der Waals surface area contributed by atoms with Gasteiger partial charge < -0.3 is 15.2 Å². The molecule has 1 fully saturated rings. The minimum Gasteiger partial charge on any atom is -0.388 e. The Labute approximate surface area is 74.1 Å². The minimum atomic E-state index is -0.509. The normalized spacial score (nSPS) is 35.2. The molecular formula is C9H19NO2. The molecule has 0 bridgehead atoms. The monoisotopic (exact) mass is 173 g/mol. The van der Waals surface area contributed by atoms with Crippen molar-refractivity contribution in [3.63, 3.8) is 0 Å². The van der Waals surface area contributed by atoms with Crippen LogP contribution in [0.2, 0.25) is 0 Å². The summed E-state index contributed by atoms with van der Waals surface area (Å²) in [6.07, 6.45) is 1.80. The molecule has 0 aliphatic heterocycles. The SMILES string of the molecule is COC1CC(O)(CNC(C)C)C1. The first kappa shape index (κ1) is 9.96. The second kappa shape index (κ2) is 3.73. The summed E-state index contributed by atoms with van der Waals surface area (Å²) in [5.41, 5.74) is -0.509. The van der Waals surface area contributed by atoms with E-state index in [4.69, 9.17) is 4.74 Å². The molecule has 0 unspecified atom stereocenters. The summed E-state index contributed by atoms with van der Waals surface area (Å²) in [7, 11) is 1.69. The van der Waals surface area contributed by atoms with E-state index in [-0.39, 0.29) is 6.10 Å². The van der Waals surface area contributed by atoms with E-state index >= 15 is 0 Å². The van der Waals surface area contributed by atoms with E-state index in [1.165, 1.54) is 0 Å². The second-order valence-corrected chi connectivity index (χ2v) is 4.03. The van der Waals surface area contributed by atoms with Gasteiger partial charge in [-0.05, 0) is 0 Å². The Hall–Kier alpha value is -0.120. The van der Waals surface area contributed by atoms with Crippen LogP contribution in [-0.2, 0) is 4.74 Å². The maximum atomic E-state index is 9.82. The lowest BCUT2D eigenvalue weighted by Crippen LogP contribution is -2.55. The van der Waals surface area contributed by atoms with Gasteiger partial charge in [-0.25, -0.2) is 0 Å². The Bertz CT molecular complexity index is 141. The molecule has 1 aliphatic rings. The topological polar surface area (TPSA) is 41.5 Å².